The molecule has 7 aromatic heterocycles. The molecule has 0 N–H and O–H groups in total. The van der Waals surface area contributed by atoms with E-state index < -0.39 is 0 Å². The molecule has 7 rings (SSSR count). The number of nitrogens with zero attached hydrogens (tertiary/aromatic N) is 16. The van der Waals surface area contributed by atoms with Gasteiger partial charge in [-0.3, -0.25) is 14.7 Å². The summed E-state index contributed by atoms with van der Waals surface area (Å²) in [6.07, 6.45) is 0. The van der Waals surface area contributed by atoms with Gasteiger partial charge < -0.3 is 0 Å². The molecule has 16 nitrogen and oxygen atoms in total. The van der Waals surface area contributed by atoms with Crippen molar-refractivity contribution in [3.8, 4) is 36.4 Å². The van der Waals surface area contributed by atoms with Crippen LogP contribution < -0.4 is 14.7 Å². The third-order valence-corrected chi connectivity index (χ3v) is 7.97. The fourth-order valence-corrected chi connectivity index (χ4v) is 5.59. The van der Waals surface area contributed by atoms with Gasteiger partial charge >= 0.3 is 0 Å². The molecule has 0 spiro atoms. The quantitative estimate of drug-likeness (QED) is 0.143. The van der Waals surface area contributed by atoms with Crippen LogP contribution in [0.5, 0.6) is 0 Å². The summed E-state index contributed by atoms with van der Waals surface area (Å²) in [5.41, 5.74) is 0.832. The molecule has 0 aliphatic carbocycles. The van der Waals surface area contributed by atoms with Crippen molar-refractivity contribution in [3.05, 3.63) is 155 Å². The summed E-state index contributed by atoms with van der Waals surface area (Å²) >= 11 is 0. The Morgan fingerprint density at radius 3 is 0.737 bits per heavy atom. The number of nitriles is 6. The van der Waals surface area contributed by atoms with Crippen LogP contribution in [0, 0.1) is 68.0 Å². The lowest BCUT2D eigenvalue weighted by Gasteiger charge is -2.29. The summed E-state index contributed by atoms with van der Waals surface area (Å²) in [4.78, 5) is 37.1. The van der Waals surface area contributed by atoms with E-state index in [4.69, 9.17) is 4.98 Å². The second kappa shape index (κ2) is 16.0. The monoisotopic (exact) mass is 736 g/mol. The van der Waals surface area contributed by atoms with Gasteiger partial charge in [0, 0.05) is 12.1 Å². The zero-order valence-corrected chi connectivity index (χ0v) is 29.2. The molecule has 16 heteroatoms. The molecule has 0 atom stereocenters. The molecule has 0 aromatic carbocycles. The average Bonchev–Trinajstić information content (AvgIpc) is 3.27. The Morgan fingerprint density at radius 2 is 0.509 bits per heavy atom. The first-order chi connectivity index (χ1) is 27.9. The van der Waals surface area contributed by atoms with Crippen LogP contribution in [0.25, 0.3) is 0 Å². The highest BCUT2D eigenvalue weighted by molar-refractivity contribution is 5.83. The van der Waals surface area contributed by atoms with Crippen LogP contribution in [0.3, 0.4) is 0 Å². The molecular formula is C41H20N16. The maximum Gasteiger partial charge on any atom is 0.144 e. The minimum absolute atomic E-state index is 0.0821. The number of aromatic nitrogens is 7. The number of anilines is 9. The van der Waals surface area contributed by atoms with E-state index in [1.165, 1.54) is 46.2 Å². The molecule has 57 heavy (non-hydrogen) atoms. The van der Waals surface area contributed by atoms with E-state index in [9.17, 15) is 31.6 Å². The lowest BCUT2D eigenvalue weighted by Crippen LogP contribution is -2.21. The van der Waals surface area contributed by atoms with Crippen molar-refractivity contribution in [1.29, 1.82) is 31.6 Å². The predicted molar refractivity (Wildman–Crippen MR) is 203 cm³/mol. The molecule has 0 unspecified atom stereocenters. The van der Waals surface area contributed by atoms with Gasteiger partial charge in [-0.15, -0.1) is 0 Å². The SMILES string of the molecule is N#Cc1cccc(N(c2cc(N(c3cccc(C#N)n3)c3cccc(C#N)n3)nc(N(c3cccc(C#N)n3)c3cccc(C#N)n3)c2)c2cccc(C#N)n2)n1. The lowest BCUT2D eigenvalue weighted by atomic mass is 10.2. The molecule has 0 radical (unpaired) electrons. The number of hydrogen-bond acceptors (Lipinski definition) is 16. The summed E-state index contributed by atoms with van der Waals surface area (Å²) in [5, 5.41) is 59.0. The molecule has 0 saturated heterocycles. The smallest absolute Gasteiger partial charge is 0.144 e. The van der Waals surface area contributed by atoms with E-state index >= 15 is 0 Å². The Kier molecular flexibility index (Phi) is 10.0. The van der Waals surface area contributed by atoms with Crippen LogP contribution in [0.15, 0.2) is 121 Å². The van der Waals surface area contributed by atoms with E-state index in [1.807, 2.05) is 0 Å². The van der Waals surface area contributed by atoms with Crippen molar-refractivity contribution in [2.75, 3.05) is 14.7 Å². The van der Waals surface area contributed by atoms with Crippen LogP contribution in [0.4, 0.5) is 52.2 Å². The Bertz CT molecular complexity index is 2440. The summed E-state index contributed by atoms with van der Waals surface area (Å²) in [6, 6.07) is 44.5. The summed E-state index contributed by atoms with van der Waals surface area (Å²) in [5.74, 6) is 1.54. The molecule has 0 amide bonds. The Hall–Kier alpha value is -9.61. The van der Waals surface area contributed by atoms with Crippen molar-refractivity contribution in [2.45, 2.75) is 0 Å². The van der Waals surface area contributed by atoms with Crippen LogP contribution >= 0.6 is 0 Å². The Labute approximate surface area is 324 Å². The first kappa shape index (κ1) is 35.8. The van der Waals surface area contributed by atoms with Crippen molar-refractivity contribution in [3.63, 3.8) is 0 Å². The van der Waals surface area contributed by atoms with Crippen molar-refractivity contribution >= 4 is 52.2 Å². The topological polar surface area (TPSA) is 243 Å². The van der Waals surface area contributed by atoms with E-state index in [-0.39, 0.29) is 80.7 Å². The second-order valence-electron chi connectivity index (χ2n) is 11.5. The maximum atomic E-state index is 9.84. The van der Waals surface area contributed by atoms with Gasteiger partial charge in [-0.2, -0.15) is 31.6 Å². The standard InChI is InChI=1S/C41H20N16/c42-21-27-7-1-13-34(48-27)55(35-14-2-8-28(22-43)49-35)33-19-40(56(36-15-3-9-29(23-44)50-36)37-16-4-10-30(24-45)51-37)54-41(20-33)57(38-17-5-11-31(25-46)52-38)39-18-6-12-32(26-47)53-39/h1-20H. The lowest BCUT2D eigenvalue weighted by molar-refractivity contribution is 1.03. The highest BCUT2D eigenvalue weighted by Crippen LogP contribution is 2.42. The Balaban J connectivity index is 1.61. The molecule has 0 fully saturated rings. The van der Waals surface area contributed by atoms with Crippen LogP contribution in [0.2, 0.25) is 0 Å². The first-order valence-electron chi connectivity index (χ1n) is 16.6. The second-order valence-corrected chi connectivity index (χ2v) is 11.5. The van der Waals surface area contributed by atoms with Gasteiger partial charge in [-0.05, 0) is 72.8 Å². The van der Waals surface area contributed by atoms with Crippen molar-refractivity contribution in [1.82, 2.24) is 34.9 Å². The fraction of sp³-hybridized carbons (Fsp3) is 0. The minimum atomic E-state index is 0.0821. The predicted octanol–water partition coefficient (Wildman–Crippen LogP) is 7.09. The number of hydrogen-bond donors (Lipinski definition) is 0. The molecular weight excluding hydrogens is 717 g/mol. The maximum absolute atomic E-state index is 9.84. The molecule has 0 bridgehead atoms. The summed E-state index contributed by atoms with van der Waals surface area (Å²) < 4.78 is 0. The van der Waals surface area contributed by atoms with Gasteiger partial charge in [0.2, 0.25) is 0 Å². The fourth-order valence-electron chi connectivity index (χ4n) is 5.59. The first-order valence-corrected chi connectivity index (χ1v) is 16.6. The zero-order chi connectivity index (χ0) is 39.7. The van der Waals surface area contributed by atoms with Crippen molar-refractivity contribution in [2.24, 2.45) is 0 Å². The van der Waals surface area contributed by atoms with Gasteiger partial charge in [-0.1, -0.05) is 36.4 Å². The Morgan fingerprint density at radius 1 is 0.281 bits per heavy atom. The van der Waals surface area contributed by atoms with E-state index in [0.29, 0.717) is 5.69 Å². The van der Waals surface area contributed by atoms with E-state index in [1.54, 1.807) is 89.8 Å². The van der Waals surface area contributed by atoms with E-state index in [2.05, 4.69) is 66.3 Å². The third-order valence-electron chi connectivity index (χ3n) is 7.97. The summed E-state index contributed by atoms with van der Waals surface area (Å²) in [6.45, 7) is 0. The molecule has 264 valence electrons. The molecule has 0 saturated carbocycles. The normalized spacial score (nSPS) is 10.0. The number of pyridine rings is 7. The van der Waals surface area contributed by atoms with E-state index in [0.717, 1.165) is 0 Å². The van der Waals surface area contributed by atoms with Crippen molar-refractivity contribution < 1.29 is 0 Å². The zero-order valence-electron chi connectivity index (χ0n) is 29.2. The van der Waals surface area contributed by atoms with Gasteiger partial charge in [0.05, 0.1) is 5.69 Å². The van der Waals surface area contributed by atoms with Gasteiger partial charge in [0.25, 0.3) is 0 Å². The van der Waals surface area contributed by atoms with Gasteiger partial charge in [-0.25, -0.2) is 34.9 Å². The van der Waals surface area contributed by atoms with Crippen LogP contribution in [-0.4, -0.2) is 34.9 Å². The summed E-state index contributed by atoms with van der Waals surface area (Å²) in [7, 11) is 0. The molecule has 0 aliphatic rings. The van der Waals surface area contributed by atoms with Gasteiger partial charge in [0.1, 0.15) is 117 Å². The highest BCUT2D eigenvalue weighted by Gasteiger charge is 2.27. The average molecular weight is 737 g/mol. The molecule has 0 aliphatic heterocycles. The van der Waals surface area contributed by atoms with Gasteiger partial charge in [0.15, 0.2) is 0 Å². The number of rotatable bonds is 9. The molecule has 7 heterocycles. The minimum Gasteiger partial charge on any atom is -0.279 e. The largest absolute Gasteiger partial charge is 0.279 e. The highest BCUT2D eigenvalue weighted by atomic mass is 15.3. The molecule has 7 aromatic rings. The third kappa shape index (κ3) is 7.50. The van der Waals surface area contributed by atoms with Crippen LogP contribution in [0.1, 0.15) is 34.2 Å². The van der Waals surface area contributed by atoms with Crippen LogP contribution in [-0.2, 0) is 0 Å².